The van der Waals surface area contributed by atoms with Crippen LogP contribution >= 0.6 is 0 Å². The maximum atomic E-state index is 12.7. The Hall–Kier alpha value is -2.23. The summed E-state index contributed by atoms with van der Waals surface area (Å²) in [7, 11) is 0. The smallest absolute Gasteiger partial charge is 0.416 e. The first-order valence-electron chi connectivity index (χ1n) is 6.10. The second-order valence-electron chi connectivity index (χ2n) is 5.33. The molecule has 1 amide bonds. The summed E-state index contributed by atoms with van der Waals surface area (Å²) in [5.41, 5.74) is -1.48. The van der Waals surface area contributed by atoms with Gasteiger partial charge in [0, 0.05) is 5.69 Å². The molecule has 0 heterocycles. The summed E-state index contributed by atoms with van der Waals surface area (Å²) < 4.78 is 43.0. The molecule has 114 valence electrons. The molecular weight excluding hydrogens is 285 g/mol. The van der Waals surface area contributed by atoms with E-state index in [0.717, 1.165) is 12.1 Å². The second kappa shape index (κ2) is 6.04. The number of nitrogens with one attached hydrogen (secondary N) is 1. The van der Waals surface area contributed by atoms with Gasteiger partial charge in [-0.2, -0.15) is 18.4 Å². The van der Waals surface area contributed by atoms with Crippen molar-refractivity contribution in [3.05, 3.63) is 29.3 Å². The van der Waals surface area contributed by atoms with Crippen molar-refractivity contribution in [1.29, 1.82) is 5.26 Å². The van der Waals surface area contributed by atoms with E-state index >= 15 is 0 Å². The predicted molar refractivity (Wildman–Crippen MR) is 70.6 cm³/mol. The fraction of sp³-hybridized carbons (Fsp3) is 0.429. The molecule has 4 nitrogen and oxygen atoms in total. The summed E-state index contributed by atoms with van der Waals surface area (Å²) >= 11 is 0. The number of halogens is 3. The quantitative estimate of drug-likeness (QED) is 0.893. The number of carbonyl (C=O) groups excluding carboxylic acids is 1. The summed E-state index contributed by atoms with van der Waals surface area (Å²) in [6, 6.07) is 4.65. The first kappa shape index (κ1) is 16.8. The lowest BCUT2D eigenvalue weighted by Crippen LogP contribution is -2.27. The lowest BCUT2D eigenvalue weighted by molar-refractivity contribution is -0.137. The van der Waals surface area contributed by atoms with E-state index in [1.807, 2.05) is 6.07 Å². The van der Waals surface area contributed by atoms with Crippen molar-refractivity contribution in [2.24, 2.45) is 0 Å². The third-order valence-corrected chi connectivity index (χ3v) is 2.34. The average molecular weight is 300 g/mol. The first-order chi connectivity index (χ1) is 9.53. The first-order valence-corrected chi connectivity index (χ1v) is 6.10. The molecule has 0 bridgehead atoms. The van der Waals surface area contributed by atoms with Crippen LogP contribution in [0.4, 0.5) is 23.7 Å². The highest BCUT2D eigenvalue weighted by atomic mass is 19.4. The Morgan fingerprint density at radius 2 is 1.95 bits per heavy atom. The number of amides is 1. The molecule has 0 aliphatic heterocycles. The molecule has 0 saturated heterocycles. The molecule has 21 heavy (non-hydrogen) atoms. The monoisotopic (exact) mass is 300 g/mol. The Morgan fingerprint density at radius 1 is 1.33 bits per heavy atom. The van der Waals surface area contributed by atoms with Crippen LogP contribution in [0.1, 0.15) is 31.9 Å². The van der Waals surface area contributed by atoms with Crippen molar-refractivity contribution >= 4 is 11.8 Å². The van der Waals surface area contributed by atoms with Crippen LogP contribution in [-0.2, 0) is 17.3 Å². The van der Waals surface area contributed by atoms with Crippen molar-refractivity contribution in [3.8, 4) is 6.07 Å². The second-order valence-corrected chi connectivity index (χ2v) is 5.33. The van der Waals surface area contributed by atoms with Gasteiger partial charge in [0.2, 0.25) is 0 Å². The fourth-order valence-corrected chi connectivity index (χ4v) is 1.52. The predicted octanol–water partition coefficient (Wildman–Crippen LogP) is 4.12. The van der Waals surface area contributed by atoms with Gasteiger partial charge in [-0.3, -0.25) is 5.32 Å². The number of nitriles is 1. The molecule has 1 aromatic carbocycles. The zero-order chi connectivity index (χ0) is 16.3. The standard InChI is InChI=1S/C14H15F3N2O2/c1-13(2,3)21-12(20)19-11-8-10(14(15,16)17)5-4-9(11)6-7-18/h4-5,8H,6H2,1-3H3,(H,19,20). The van der Waals surface area contributed by atoms with Crippen LogP contribution in [0.3, 0.4) is 0 Å². The van der Waals surface area contributed by atoms with Crippen molar-refractivity contribution in [3.63, 3.8) is 0 Å². The van der Waals surface area contributed by atoms with Gasteiger partial charge >= 0.3 is 12.3 Å². The van der Waals surface area contributed by atoms with Gasteiger partial charge in [-0.15, -0.1) is 0 Å². The number of alkyl halides is 3. The maximum absolute atomic E-state index is 12.7. The number of carbonyl (C=O) groups is 1. The van der Waals surface area contributed by atoms with E-state index in [0.29, 0.717) is 0 Å². The molecule has 1 N–H and O–H groups in total. The minimum atomic E-state index is -4.53. The third-order valence-electron chi connectivity index (χ3n) is 2.34. The molecule has 0 atom stereocenters. The van der Waals surface area contributed by atoms with Gasteiger partial charge in [-0.05, 0) is 38.5 Å². The summed E-state index contributed by atoms with van der Waals surface area (Å²) in [5, 5.41) is 10.9. The molecule has 1 aromatic rings. The SMILES string of the molecule is CC(C)(C)OC(=O)Nc1cc(C(F)(F)F)ccc1CC#N. The molecule has 0 aliphatic carbocycles. The van der Waals surface area contributed by atoms with Gasteiger partial charge in [0.25, 0.3) is 0 Å². The van der Waals surface area contributed by atoms with Gasteiger partial charge in [-0.1, -0.05) is 6.07 Å². The van der Waals surface area contributed by atoms with Gasteiger partial charge in [0.15, 0.2) is 0 Å². The number of hydrogen-bond acceptors (Lipinski definition) is 3. The average Bonchev–Trinajstić information content (AvgIpc) is 2.27. The van der Waals surface area contributed by atoms with Gasteiger partial charge in [-0.25, -0.2) is 4.79 Å². The van der Waals surface area contributed by atoms with E-state index in [1.165, 1.54) is 6.07 Å². The normalized spacial score (nSPS) is 11.7. The van der Waals surface area contributed by atoms with Crippen LogP contribution in [-0.4, -0.2) is 11.7 Å². The van der Waals surface area contributed by atoms with E-state index in [2.05, 4.69) is 5.32 Å². The molecule has 7 heteroatoms. The largest absolute Gasteiger partial charge is 0.444 e. The summed E-state index contributed by atoms with van der Waals surface area (Å²) in [4.78, 5) is 11.6. The molecule has 1 rings (SSSR count). The van der Waals surface area contributed by atoms with Gasteiger partial charge in [0.05, 0.1) is 18.1 Å². The molecular formula is C14H15F3N2O2. The number of ether oxygens (including phenoxy) is 1. The summed E-state index contributed by atoms with van der Waals surface area (Å²) in [6.07, 6.45) is -5.53. The highest BCUT2D eigenvalue weighted by molar-refractivity contribution is 5.86. The highest BCUT2D eigenvalue weighted by Gasteiger charge is 2.31. The van der Waals surface area contributed by atoms with Crippen LogP contribution in [0.25, 0.3) is 0 Å². The van der Waals surface area contributed by atoms with E-state index < -0.39 is 23.4 Å². The fourth-order valence-electron chi connectivity index (χ4n) is 1.52. The minimum Gasteiger partial charge on any atom is -0.444 e. The number of nitrogens with zero attached hydrogens (tertiary/aromatic N) is 1. The summed E-state index contributed by atoms with van der Waals surface area (Å²) in [5.74, 6) is 0. The number of hydrogen-bond donors (Lipinski definition) is 1. The van der Waals surface area contributed by atoms with E-state index in [4.69, 9.17) is 10.00 Å². The van der Waals surface area contributed by atoms with Crippen molar-refractivity contribution < 1.29 is 22.7 Å². The van der Waals surface area contributed by atoms with Crippen molar-refractivity contribution in [1.82, 2.24) is 0 Å². The molecule has 0 fully saturated rings. The minimum absolute atomic E-state index is 0.0828. The zero-order valence-electron chi connectivity index (χ0n) is 11.8. The molecule has 0 unspecified atom stereocenters. The van der Waals surface area contributed by atoms with Crippen LogP contribution in [0.5, 0.6) is 0 Å². The Labute approximate surface area is 120 Å². The topological polar surface area (TPSA) is 62.1 Å². The highest BCUT2D eigenvalue weighted by Crippen LogP contribution is 2.32. The Kier molecular flexibility index (Phi) is 4.84. The molecule has 0 aromatic heterocycles. The molecule has 0 spiro atoms. The lowest BCUT2D eigenvalue weighted by Gasteiger charge is -2.20. The number of benzene rings is 1. The maximum Gasteiger partial charge on any atom is 0.416 e. The van der Waals surface area contributed by atoms with Crippen molar-refractivity contribution in [2.75, 3.05) is 5.32 Å². The Bertz CT molecular complexity index is 569. The van der Waals surface area contributed by atoms with Crippen LogP contribution in [0.2, 0.25) is 0 Å². The Balaban J connectivity index is 3.07. The molecule has 0 aliphatic rings. The molecule has 0 saturated carbocycles. The number of rotatable bonds is 2. The van der Waals surface area contributed by atoms with Crippen LogP contribution in [0.15, 0.2) is 18.2 Å². The van der Waals surface area contributed by atoms with E-state index in [-0.39, 0.29) is 17.7 Å². The van der Waals surface area contributed by atoms with E-state index in [9.17, 15) is 18.0 Å². The molecule has 0 radical (unpaired) electrons. The van der Waals surface area contributed by atoms with Crippen LogP contribution < -0.4 is 5.32 Å². The van der Waals surface area contributed by atoms with Gasteiger partial charge in [0.1, 0.15) is 5.60 Å². The van der Waals surface area contributed by atoms with Gasteiger partial charge < -0.3 is 4.74 Å². The zero-order valence-corrected chi connectivity index (χ0v) is 11.8. The number of anilines is 1. The Morgan fingerprint density at radius 3 is 2.43 bits per heavy atom. The third kappa shape index (κ3) is 5.34. The lowest BCUT2D eigenvalue weighted by atomic mass is 10.1. The summed E-state index contributed by atoms with van der Waals surface area (Å²) in [6.45, 7) is 4.90. The van der Waals surface area contributed by atoms with Crippen molar-refractivity contribution in [2.45, 2.75) is 39.0 Å². The van der Waals surface area contributed by atoms with Crippen LogP contribution in [0, 0.1) is 11.3 Å². The van der Waals surface area contributed by atoms with E-state index in [1.54, 1.807) is 20.8 Å².